The van der Waals surface area contributed by atoms with Crippen molar-refractivity contribution in [3.05, 3.63) is 21.9 Å². The molecule has 0 radical (unpaired) electrons. The van der Waals surface area contributed by atoms with E-state index in [1.54, 1.807) is 23.3 Å². The molecule has 0 aromatic carbocycles. The van der Waals surface area contributed by atoms with Gasteiger partial charge in [0.1, 0.15) is 0 Å². The highest BCUT2D eigenvalue weighted by Crippen LogP contribution is 2.16. The third kappa shape index (κ3) is 5.82. The summed E-state index contributed by atoms with van der Waals surface area (Å²) in [7, 11) is 3.48. The predicted octanol–water partition coefficient (Wildman–Crippen LogP) is 1.67. The van der Waals surface area contributed by atoms with Gasteiger partial charge in [-0.2, -0.15) is 0 Å². The molecule has 18 heavy (non-hydrogen) atoms. The minimum atomic E-state index is 0. The van der Waals surface area contributed by atoms with Gasteiger partial charge in [-0.25, -0.2) is 0 Å². The topological polar surface area (TPSA) is 41.6 Å². The first-order valence-electron chi connectivity index (χ1n) is 5.61. The zero-order valence-corrected chi connectivity index (χ0v) is 12.7. The fraction of sp³-hybridized carbons (Fsp3) is 0.583. The number of ether oxygens (including phenoxy) is 1. The number of hydrogen-bond donors (Lipinski definition) is 1. The Morgan fingerprint density at radius 3 is 2.83 bits per heavy atom. The van der Waals surface area contributed by atoms with Crippen molar-refractivity contribution in [3.8, 4) is 0 Å². The van der Waals surface area contributed by atoms with E-state index in [2.05, 4.69) is 23.7 Å². The van der Waals surface area contributed by atoms with E-state index in [0.29, 0.717) is 26.2 Å². The Hall–Kier alpha value is -0.620. The highest BCUT2D eigenvalue weighted by atomic mass is 35.5. The smallest absolute Gasteiger partial charge is 0.236 e. The van der Waals surface area contributed by atoms with Gasteiger partial charge in [0, 0.05) is 25.6 Å². The molecule has 1 N–H and O–H groups in total. The van der Waals surface area contributed by atoms with Crippen molar-refractivity contribution in [1.82, 2.24) is 10.2 Å². The number of carbonyl (C=O) groups is 1. The minimum absolute atomic E-state index is 0. The van der Waals surface area contributed by atoms with Crippen LogP contribution in [-0.4, -0.2) is 44.7 Å². The van der Waals surface area contributed by atoms with E-state index < -0.39 is 0 Å². The van der Waals surface area contributed by atoms with Gasteiger partial charge in [0.25, 0.3) is 0 Å². The first-order valence-corrected chi connectivity index (χ1v) is 6.49. The Labute approximate surface area is 119 Å². The molecule has 0 saturated heterocycles. The standard InChI is InChI=1S/C12H20N2O2S.ClH/c1-10-4-7-17-11(10)9-14(2)12(15)8-13-5-6-16-3;/h4,7,13H,5-6,8-9H2,1-3H3;1H. The lowest BCUT2D eigenvalue weighted by molar-refractivity contribution is -0.129. The number of rotatable bonds is 7. The van der Waals surface area contributed by atoms with Gasteiger partial charge in [-0.15, -0.1) is 23.7 Å². The number of halogens is 1. The maximum atomic E-state index is 11.8. The molecule has 1 heterocycles. The maximum absolute atomic E-state index is 11.8. The van der Waals surface area contributed by atoms with Crippen molar-refractivity contribution in [2.45, 2.75) is 13.5 Å². The molecule has 0 unspecified atom stereocenters. The molecular formula is C12H21ClN2O2S. The summed E-state index contributed by atoms with van der Waals surface area (Å²) in [6, 6.07) is 2.08. The third-order valence-corrected chi connectivity index (χ3v) is 3.54. The molecule has 1 amide bonds. The molecular weight excluding hydrogens is 272 g/mol. The summed E-state index contributed by atoms with van der Waals surface area (Å²) >= 11 is 1.69. The SMILES string of the molecule is COCCNCC(=O)N(C)Cc1sccc1C.Cl. The number of carbonyl (C=O) groups excluding carboxylic acids is 1. The molecule has 0 saturated carbocycles. The molecule has 0 fully saturated rings. The maximum Gasteiger partial charge on any atom is 0.236 e. The zero-order chi connectivity index (χ0) is 12.7. The molecule has 6 heteroatoms. The molecule has 0 bridgehead atoms. The first kappa shape index (κ1) is 17.4. The Bertz CT molecular complexity index is 358. The summed E-state index contributed by atoms with van der Waals surface area (Å²) in [5.41, 5.74) is 1.25. The van der Waals surface area contributed by atoms with E-state index >= 15 is 0 Å². The van der Waals surface area contributed by atoms with Gasteiger partial charge in [-0.05, 0) is 23.9 Å². The largest absolute Gasteiger partial charge is 0.383 e. The van der Waals surface area contributed by atoms with E-state index in [0.717, 1.165) is 0 Å². The van der Waals surface area contributed by atoms with Crippen LogP contribution in [0.1, 0.15) is 10.4 Å². The number of aryl methyl sites for hydroxylation is 1. The Balaban J connectivity index is 0.00000289. The highest BCUT2D eigenvalue weighted by Gasteiger charge is 2.10. The van der Waals surface area contributed by atoms with Crippen molar-refractivity contribution in [1.29, 1.82) is 0 Å². The van der Waals surface area contributed by atoms with Crippen molar-refractivity contribution in [3.63, 3.8) is 0 Å². The lowest BCUT2D eigenvalue weighted by Crippen LogP contribution is -2.36. The molecule has 1 aromatic rings. The summed E-state index contributed by atoms with van der Waals surface area (Å²) in [5.74, 6) is 0.105. The Kier molecular flexibility index (Phi) is 9.01. The lowest BCUT2D eigenvalue weighted by Gasteiger charge is -2.17. The molecule has 1 rings (SSSR count). The second-order valence-corrected chi connectivity index (χ2v) is 4.95. The van der Waals surface area contributed by atoms with Crippen molar-refractivity contribution in [2.75, 3.05) is 33.9 Å². The van der Waals surface area contributed by atoms with Crippen molar-refractivity contribution in [2.24, 2.45) is 0 Å². The third-order valence-electron chi connectivity index (χ3n) is 2.53. The van der Waals surface area contributed by atoms with Crippen LogP contribution in [0.25, 0.3) is 0 Å². The number of methoxy groups -OCH3 is 1. The van der Waals surface area contributed by atoms with Crippen molar-refractivity contribution >= 4 is 29.7 Å². The number of nitrogens with one attached hydrogen (secondary N) is 1. The van der Waals surface area contributed by atoms with Gasteiger partial charge in [0.2, 0.25) is 5.91 Å². The molecule has 4 nitrogen and oxygen atoms in total. The van der Waals surface area contributed by atoms with Crippen LogP contribution in [0, 0.1) is 6.92 Å². The monoisotopic (exact) mass is 292 g/mol. The van der Waals surface area contributed by atoms with Crippen LogP contribution in [0.15, 0.2) is 11.4 Å². The van der Waals surface area contributed by atoms with Gasteiger partial charge in [-0.1, -0.05) is 0 Å². The summed E-state index contributed by atoms with van der Waals surface area (Å²) in [4.78, 5) is 14.8. The fourth-order valence-corrected chi connectivity index (χ4v) is 2.33. The second-order valence-electron chi connectivity index (χ2n) is 3.95. The molecule has 0 aliphatic carbocycles. The normalized spacial score (nSPS) is 9.94. The molecule has 0 atom stereocenters. The molecule has 0 spiro atoms. The number of thiophene rings is 1. The number of amides is 1. The fourth-order valence-electron chi connectivity index (χ4n) is 1.37. The van der Waals surface area contributed by atoms with Gasteiger partial charge < -0.3 is 15.0 Å². The van der Waals surface area contributed by atoms with Crippen LogP contribution in [0.2, 0.25) is 0 Å². The van der Waals surface area contributed by atoms with Crippen LogP contribution in [0.5, 0.6) is 0 Å². The van der Waals surface area contributed by atoms with Gasteiger partial charge in [0.15, 0.2) is 0 Å². The summed E-state index contributed by atoms with van der Waals surface area (Å²) < 4.78 is 4.90. The Morgan fingerprint density at radius 1 is 1.56 bits per heavy atom. The van der Waals surface area contributed by atoms with Gasteiger partial charge in [-0.3, -0.25) is 4.79 Å². The number of hydrogen-bond acceptors (Lipinski definition) is 4. The van der Waals surface area contributed by atoms with E-state index in [9.17, 15) is 4.79 Å². The van der Waals surface area contributed by atoms with Crippen molar-refractivity contribution < 1.29 is 9.53 Å². The van der Waals surface area contributed by atoms with Crippen LogP contribution in [-0.2, 0) is 16.1 Å². The van der Waals surface area contributed by atoms with Crippen LogP contribution >= 0.6 is 23.7 Å². The summed E-state index contributed by atoms with van der Waals surface area (Å²) in [6.07, 6.45) is 0. The van der Waals surface area contributed by atoms with E-state index in [1.165, 1.54) is 10.4 Å². The Morgan fingerprint density at radius 2 is 2.28 bits per heavy atom. The van der Waals surface area contributed by atoms with E-state index in [1.807, 2.05) is 7.05 Å². The second kappa shape index (κ2) is 9.33. The number of likely N-dealkylation sites (N-methyl/N-ethyl adjacent to an activating group) is 1. The van der Waals surface area contributed by atoms with Crippen LogP contribution in [0.4, 0.5) is 0 Å². The molecule has 0 aliphatic rings. The molecule has 104 valence electrons. The zero-order valence-electron chi connectivity index (χ0n) is 11.1. The van der Waals surface area contributed by atoms with E-state index in [-0.39, 0.29) is 18.3 Å². The lowest BCUT2D eigenvalue weighted by atomic mass is 10.3. The first-order chi connectivity index (χ1) is 8.15. The average molecular weight is 293 g/mol. The minimum Gasteiger partial charge on any atom is -0.383 e. The predicted molar refractivity (Wildman–Crippen MR) is 77.5 cm³/mol. The highest BCUT2D eigenvalue weighted by molar-refractivity contribution is 7.10. The molecule has 0 aliphatic heterocycles. The average Bonchev–Trinajstić information content (AvgIpc) is 2.70. The van der Waals surface area contributed by atoms with Crippen LogP contribution in [0.3, 0.4) is 0 Å². The quantitative estimate of drug-likeness (QED) is 0.778. The summed E-state index contributed by atoms with van der Waals surface area (Å²) in [6.45, 7) is 4.45. The summed E-state index contributed by atoms with van der Waals surface area (Å²) in [5, 5.41) is 5.10. The number of nitrogens with zero attached hydrogens (tertiary/aromatic N) is 1. The van der Waals surface area contributed by atoms with Gasteiger partial charge >= 0.3 is 0 Å². The van der Waals surface area contributed by atoms with Crippen LogP contribution < -0.4 is 5.32 Å². The molecule has 1 aromatic heterocycles. The van der Waals surface area contributed by atoms with Gasteiger partial charge in [0.05, 0.1) is 19.7 Å². The van der Waals surface area contributed by atoms with E-state index in [4.69, 9.17) is 4.74 Å².